The second-order valence-corrected chi connectivity index (χ2v) is 7.22. The Morgan fingerprint density at radius 1 is 1.20 bits per heavy atom. The van der Waals surface area contributed by atoms with E-state index in [1.165, 1.54) is 12.1 Å². The number of nitrogens with one attached hydrogen (secondary N) is 2. The van der Waals surface area contributed by atoms with Crippen molar-refractivity contribution in [2.24, 2.45) is 5.92 Å². The average Bonchev–Trinajstić information content (AvgIpc) is 2.69. The molecule has 1 heterocycles. The minimum absolute atomic E-state index is 0.0195. The molecule has 0 aliphatic rings. The quantitative estimate of drug-likeness (QED) is 0.451. The highest BCUT2D eigenvalue weighted by atomic mass is 16.4. The van der Waals surface area contributed by atoms with Crippen molar-refractivity contribution in [1.29, 1.82) is 0 Å². The Labute approximate surface area is 173 Å². The maximum Gasteiger partial charge on any atom is 0.339 e. The molecule has 0 fully saturated rings. The van der Waals surface area contributed by atoms with E-state index in [-0.39, 0.29) is 36.6 Å². The van der Waals surface area contributed by atoms with Crippen LogP contribution in [0.4, 0.5) is 0 Å². The Morgan fingerprint density at radius 3 is 2.53 bits per heavy atom. The minimum Gasteiger partial charge on any atom is -0.508 e. The van der Waals surface area contributed by atoms with Crippen LogP contribution in [0.25, 0.3) is 11.0 Å². The van der Waals surface area contributed by atoms with E-state index in [4.69, 9.17) is 4.42 Å². The van der Waals surface area contributed by atoms with Gasteiger partial charge in [0.25, 0.3) is 0 Å². The first-order chi connectivity index (χ1) is 14.1. The van der Waals surface area contributed by atoms with Gasteiger partial charge in [0.1, 0.15) is 17.4 Å². The number of hydrogen-bond donors (Lipinski definition) is 4. The van der Waals surface area contributed by atoms with Gasteiger partial charge in [-0.25, -0.2) is 9.59 Å². The number of aryl methyl sites for hydroxylation is 1. The van der Waals surface area contributed by atoms with Gasteiger partial charge in [-0.2, -0.15) is 0 Å². The van der Waals surface area contributed by atoms with E-state index >= 15 is 0 Å². The molecule has 0 saturated heterocycles. The number of phenols is 1. The molecule has 0 radical (unpaired) electrons. The monoisotopic (exact) mass is 418 g/mol. The molecule has 2 rings (SSSR count). The number of carbonyl (C=O) groups is 3. The number of rotatable bonds is 9. The molecule has 2 amide bonds. The normalized spacial score (nSPS) is 12.9. The summed E-state index contributed by atoms with van der Waals surface area (Å²) in [6, 6.07) is 3.44. The summed E-state index contributed by atoms with van der Waals surface area (Å²) in [5.41, 5.74) is 0.672. The summed E-state index contributed by atoms with van der Waals surface area (Å²) in [6.45, 7) is 4.92. The van der Waals surface area contributed by atoms with Gasteiger partial charge >= 0.3 is 11.6 Å². The molecule has 9 nitrogen and oxygen atoms in total. The third kappa shape index (κ3) is 5.59. The second-order valence-electron chi connectivity index (χ2n) is 7.22. The maximum absolute atomic E-state index is 12.2. The lowest BCUT2D eigenvalue weighted by atomic mass is 9.99. The van der Waals surface area contributed by atoms with E-state index < -0.39 is 29.5 Å². The summed E-state index contributed by atoms with van der Waals surface area (Å²) < 4.78 is 5.22. The predicted molar refractivity (Wildman–Crippen MR) is 109 cm³/mol. The van der Waals surface area contributed by atoms with Crippen molar-refractivity contribution >= 4 is 28.8 Å². The first-order valence-electron chi connectivity index (χ1n) is 9.68. The van der Waals surface area contributed by atoms with Crippen LogP contribution in [0.2, 0.25) is 0 Å². The molecule has 162 valence electrons. The Balaban J connectivity index is 1.95. The van der Waals surface area contributed by atoms with E-state index in [9.17, 15) is 29.4 Å². The second kappa shape index (κ2) is 9.91. The molecule has 0 aliphatic carbocycles. The number of phenolic OH excluding ortho intramolecular Hbond substituents is 1. The number of benzene rings is 1. The summed E-state index contributed by atoms with van der Waals surface area (Å²) >= 11 is 0. The van der Waals surface area contributed by atoms with E-state index in [0.29, 0.717) is 22.9 Å². The van der Waals surface area contributed by atoms with Crippen molar-refractivity contribution in [2.75, 3.05) is 6.54 Å². The predicted octanol–water partition coefficient (Wildman–Crippen LogP) is 1.47. The molecule has 30 heavy (non-hydrogen) atoms. The van der Waals surface area contributed by atoms with Gasteiger partial charge in [0.15, 0.2) is 0 Å². The lowest BCUT2D eigenvalue weighted by Gasteiger charge is -2.20. The Kier molecular flexibility index (Phi) is 7.57. The molecule has 0 saturated carbocycles. The van der Waals surface area contributed by atoms with Crippen LogP contribution >= 0.6 is 0 Å². The first kappa shape index (κ1) is 22.9. The standard InChI is InChI=1S/C21H26N2O7/c1-4-11(2)19(20(27)28)23-18(26)10-22-17(25)8-7-15-12(3)14-6-5-13(24)9-16(14)30-21(15)29/h5-6,9,11,19,24H,4,7-8,10H2,1-3H3,(H,22,25)(H,23,26)(H,27,28). The van der Waals surface area contributed by atoms with Gasteiger partial charge in [0.05, 0.1) is 6.54 Å². The third-order valence-corrected chi connectivity index (χ3v) is 5.11. The molecule has 0 spiro atoms. The van der Waals surface area contributed by atoms with E-state index in [2.05, 4.69) is 10.6 Å². The molecular weight excluding hydrogens is 392 g/mol. The zero-order chi connectivity index (χ0) is 22.4. The van der Waals surface area contributed by atoms with Gasteiger partial charge in [-0.1, -0.05) is 20.3 Å². The van der Waals surface area contributed by atoms with Crippen LogP contribution in [0.1, 0.15) is 37.8 Å². The van der Waals surface area contributed by atoms with Gasteiger partial charge in [0.2, 0.25) is 11.8 Å². The van der Waals surface area contributed by atoms with E-state index in [1.54, 1.807) is 19.9 Å². The van der Waals surface area contributed by atoms with E-state index in [0.717, 1.165) is 0 Å². The molecule has 0 bridgehead atoms. The first-order valence-corrected chi connectivity index (χ1v) is 9.68. The van der Waals surface area contributed by atoms with Crippen LogP contribution in [0.5, 0.6) is 5.75 Å². The third-order valence-electron chi connectivity index (χ3n) is 5.11. The van der Waals surface area contributed by atoms with Gasteiger partial charge in [-0.15, -0.1) is 0 Å². The van der Waals surface area contributed by atoms with E-state index in [1.807, 2.05) is 6.92 Å². The van der Waals surface area contributed by atoms with Crippen molar-refractivity contribution in [1.82, 2.24) is 10.6 Å². The van der Waals surface area contributed by atoms with Crippen molar-refractivity contribution in [3.8, 4) is 5.75 Å². The highest BCUT2D eigenvalue weighted by molar-refractivity contribution is 5.88. The minimum atomic E-state index is -1.13. The van der Waals surface area contributed by atoms with Crippen LogP contribution in [-0.2, 0) is 20.8 Å². The fourth-order valence-electron chi connectivity index (χ4n) is 3.09. The molecule has 2 unspecified atom stereocenters. The summed E-state index contributed by atoms with van der Waals surface area (Å²) in [6.07, 6.45) is 0.649. The molecule has 9 heteroatoms. The van der Waals surface area contributed by atoms with Gasteiger partial charge in [-0.05, 0) is 37.0 Å². The fourth-order valence-corrected chi connectivity index (χ4v) is 3.09. The Morgan fingerprint density at radius 2 is 1.90 bits per heavy atom. The highest BCUT2D eigenvalue weighted by Crippen LogP contribution is 2.23. The van der Waals surface area contributed by atoms with Crippen molar-refractivity contribution in [3.05, 3.63) is 39.7 Å². The fraction of sp³-hybridized carbons (Fsp3) is 0.429. The maximum atomic E-state index is 12.2. The smallest absolute Gasteiger partial charge is 0.339 e. The van der Waals surface area contributed by atoms with Crippen LogP contribution in [0, 0.1) is 12.8 Å². The zero-order valence-electron chi connectivity index (χ0n) is 17.2. The van der Waals surface area contributed by atoms with Gasteiger partial charge in [-0.3, -0.25) is 9.59 Å². The molecule has 2 atom stereocenters. The largest absolute Gasteiger partial charge is 0.508 e. The van der Waals surface area contributed by atoms with Crippen molar-refractivity contribution in [3.63, 3.8) is 0 Å². The lowest BCUT2D eigenvalue weighted by Crippen LogP contribution is -2.48. The molecule has 4 N–H and O–H groups in total. The number of amides is 2. The molecule has 1 aromatic carbocycles. The van der Waals surface area contributed by atoms with Crippen LogP contribution in [0.15, 0.2) is 27.4 Å². The Hall–Kier alpha value is -3.36. The van der Waals surface area contributed by atoms with Crippen LogP contribution in [0.3, 0.4) is 0 Å². The summed E-state index contributed by atoms with van der Waals surface area (Å²) in [5, 5.41) is 24.2. The van der Waals surface area contributed by atoms with Crippen LogP contribution in [-0.4, -0.2) is 40.6 Å². The summed E-state index contributed by atoms with van der Waals surface area (Å²) in [5.74, 6) is -2.45. The molecule has 2 aromatic rings. The van der Waals surface area contributed by atoms with Crippen molar-refractivity contribution in [2.45, 2.75) is 46.1 Å². The Bertz CT molecular complexity index is 1010. The van der Waals surface area contributed by atoms with Crippen molar-refractivity contribution < 1.29 is 29.0 Å². The number of fused-ring (bicyclic) bond motifs is 1. The lowest BCUT2D eigenvalue weighted by molar-refractivity contribution is -0.143. The number of carboxylic acid groups (broad SMARTS) is 1. The van der Waals surface area contributed by atoms with Gasteiger partial charge < -0.3 is 25.3 Å². The molecule has 0 aliphatic heterocycles. The summed E-state index contributed by atoms with van der Waals surface area (Å²) in [4.78, 5) is 47.5. The van der Waals surface area contributed by atoms with Gasteiger partial charge in [0, 0.05) is 23.4 Å². The topological polar surface area (TPSA) is 146 Å². The zero-order valence-corrected chi connectivity index (χ0v) is 17.2. The number of hydrogen-bond acceptors (Lipinski definition) is 6. The number of aromatic hydroxyl groups is 1. The number of aliphatic carboxylic acids is 1. The number of carboxylic acids is 1. The molecule has 1 aromatic heterocycles. The highest BCUT2D eigenvalue weighted by Gasteiger charge is 2.25. The summed E-state index contributed by atoms with van der Waals surface area (Å²) in [7, 11) is 0. The van der Waals surface area contributed by atoms with Crippen LogP contribution < -0.4 is 16.3 Å². The SMILES string of the molecule is CCC(C)C(NC(=O)CNC(=O)CCc1c(C)c2ccc(O)cc2oc1=O)C(=O)O. The molecular formula is C21H26N2O7. The average molecular weight is 418 g/mol. The number of carbonyl (C=O) groups excluding carboxylic acids is 2.